The quantitative estimate of drug-likeness (QED) is 0.0261. The van der Waals surface area contributed by atoms with Crippen molar-refractivity contribution in [3.05, 3.63) is 36.5 Å². The molecule has 0 aromatic rings. The SMILES string of the molecule is CC/C=C\C/C=C\C/C=C\CCCCCCCCCC(=O)OC(COC(=O)CCCCCCCCCCCCC)COC(=O)CCCCCCCCCCCCCCCCCCCCCCCCCCCC. The van der Waals surface area contributed by atoms with Crippen molar-refractivity contribution in [2.24, 2.45) is 0 Å². The smallest absolute Gasteiger partial charge is 0.306 e. The maximum Gasteiger partial charge on any atom is 0.306 e. The van der Waals surface area contributed by atoms with Gasteiger partial charge in [0.1, 0.15) is 13.2 Å². The molecule has 422 valence electrons. The highest BCUT2D eigenvalue weighted by Gasteiger charge is 2.19. The Kier molecular flexibility index (Phi) is 59.2. The molecule has 0 saturated carbocycles. The number of carbonyl (C=O) groups is 3. The first-order valence-electron chi connectivity index (χ1n) is 32.0. The molecule has 6 heteroatoms. The lowest BCUT2D eigenvalue weighted by molar-refractivity contribution is -0.167. The van der Waals surface area contributed by atoms with E-state index in [0.717, 1.165) is 83.5 Å². The Morgan fingerprint density at radius 2 is 0.542 bits per heavy atom. The summed E-state index contributed by atoms with van der Waals surface area (Å²) in [4.78, 5) is 38.2. The Labute approximate surface area is 448 Å². The molecular formula is C66H122O6. The van der Waals surface area contributed by atoms with Gasteiger partial charge in [-0.2, -0.15) is 0 Å². The zero-order valence-electron chi connectivity index (χ0n) is 48.5. The first kappa shape index (κ1) is 69.6. The molecule has 1 atom stereocenters. The number of hydrogen-bond acceptors (Lipinski definition) is 6. The van der Waals surface area contributed by atoms with E-state index in [0.29, 0.717) is 19.3 Å². The van der Waals surface area contributed by atoms with Gasteiger partial charge in [0.15, 0.2) is 6.10 Å². The van der Waals surface area contributed by atoms with Gasteiger partial charge < -0.3 is 14.2 Å². The van der Waals surface area contributed by atoms with Crippen LogP contribution in [0.25, 0.3) is 0 Å². The molecule has 0 aliphatic rings. The van der Waals surface area contributed by atoms with Crippen molar-refractivity contribution in [3.8, 4) is 0 Å². The second-order valence-corrected chi connectivity index (χ2v) is 21.7. The number of hydrogen-bond donors (Lipinski definition) is 0. The van der Waals surface area contributed by atoms with E-state index >= 15 is 0 Å². The fourth-order valence-corrected chi connectivity index (χ4v) is 9.64. The minimum Gasteiger partial charge on any atom is -0.462 e. The zero-order chi connectivity index (χ0) is 52.2. The van der Waals surface area contributed by atoms with Crippen LogP contribution in [0.2, 0.25) is 0 Å². The van der Waals surface area contributed by atoms with E-state index in [1.165, 1.54) is 225 Å². The summed E-state index contributed by atoms with van der Waals surface area (Å²) in [6, 6.07) is 0. The van der Waals surface area contributed by atoms with Gasteiger partial charge in [0, 0.05) is 19.3 Å². The molecule has 0 amide bonds. The van der Waals surface area contributed by atoms with E-state index in [9.17, 15) is 14.4 Å². The van der Waals surface area contributed by atoms with Crippen LogP contribution < -0.4 is 0 Å². The second-order valence-electron chi connectivity index (χ2n) is 21.7. The van der Waals surface area contributed by atoms with Gasteiger partial charge in [0.25, 0.3) is 0 Å². The van der Waals surface area contributed by atoms with Crippen molar-refractivity contribution in [3.63, 3.8) is 0 Å². The molecule has 0 fully saturated rings. The number of unbranched alkanes of at least 4 members (excludes halogenated alkanes) is 42. The van der Waals surface area contributed by atoms with Gasteiger partial charge in [-0.1, -0.05) is 314 Å². The first-order valence-corrected chi connectivity index (χ1v) is 32.0. The third-order valence-electron chi connectivity index (χ3n) is 14.4. The summed E-state index contributed by atoms with van der Waals surface area (Å²) in [7, 11) is 0. The van der Waals surface area contributed by atoms with Gasteiger partial charge in [0.05, 0.1) is 0 Å². The van der Waals surface area contributed by atoms with Crippen LogP contribution in [0, 0.1) is 0 Å². The molecule has 0 heterocycles. The first-order chi connectivity index (χ1) is 35.5. The summed E-state index contributed by atoms with van der Waals surface area (Å²) in [5, 5.41) is 0. The lowest BCUT2D eigenvalue weighted by atomic mass is 10.0. The number of esters is 3. The van der Waals surface area contributed by atoms with Gasteiger partial charge >= 0.3 is 17.9 Å². The molecule has 0 aliphatic carbocycles. The lowest BCUT2D eigenvalue weighted by Crippen LogP contribution is -2.30. The third kappa shape index (κ3) is 58.5. The minimum absolute atomic E-state index is 0.0711. The van der Waals surface area contributed by atoms with Gasteiger partial charge in [0.2, 0.25) is 0 Å². The van der Waals surface area contributed by atoms with Crippen molar-refractivity contribution >= 4 is 17.9 Å². The average Bonchev–Trinajstić information content (AvgIpc) is 3.38. The predicted molar refractivity (Wildman–Crippen MR) is 312 cm³/mol. The van der Waals surface area contributed by atoms with E-state index in [1.807, 2.05) is 0 Å². The number of carbonyl (C=O) groups excluding carboxylic acids is 3. The summed E-state index contributed by atoms with van der Waals surface area (Å²) in [5.74, 6) is -0.859. The molecule has 0 aliphatic heterocycles. The minimum atomic E-state index is -0.773. The summed E-state index contributed by atoms with van der Waals surface area (Å²) in [5.41, 5.74) is 0. The molecule has 0 bridgehead atoms. The molecule has 0 N–H and O–H groups in total. The van der Waals surface area contributed by atoms with Crippen LogP contribution in [0.5, 0.6) is 0 Å². The standard InChI is InChI=1S/C66H122O6/c1-4-7-10-13-16-19-22-24-26-28-29-30-31-32-33-34-35-36-38-39-41-44-47-50-53-56-59-65(68)71-62-63(61-70-64(67)58-55-52-49-46-43-21-18-15-12-9-6-3)72-66(69)60-57-54-51-48-45-42-40-37-27-25-23-20-17-14-11-8-5-2/h8,11,17,20,25,27,63H,4-7,9-10,12-16,18-19,21-24,26,28-62H2,1-3H3/b11-8-,20-17-,27-25-. The summed E-state index contributed by atoms with van der Waals surface area (Å²) >= 11 is 0. The number of rotatable bonds is 59. The van der Waals surface area contributed by atoms with Crippen LogP contribution in [-0.2, 0) is 28.6 Å². The molecule has 1 unspecified atom stereocenters. The number of allylic oxidation sites excluding steroid dienone is 6. The highest BCUT2D eigenvalue weighted by Crippen LogP contribution is 2.18. The average molecular weight is 1010 g/mol. The van der Waals surface area contributed by atoms with Crippen molar-refractivity contribution in [2.75, 3.05) is 13.2 Å². The van der Waals surface area contributed by atoms with E-state index in [1.54, 1.807) is 0 Å². The molecule has 0 radical (unpaired) electrons. The van der Waals surface area contributed by atoms with Crippen LogP contribution in [0.4, 0.5) is 0 Å². The molecule has 0 spiro atoms. The highest BCUT2D eigenvalue weighted by molar-refractivity contribution is 5.71. The Hall–Kier alpha value is -2.37. The van der Waals surface area contributed by atoms with Crippen LogP contribution in [0.1, 0.15) is 348 Å². The van der Waals surface area contributed by atoms with Crippen LogP contribution >= 0.6 is 0 Å². The van der Waals surface area contributed by atoms with Crippen molar-refractivity contribution in [1.29, 1.82) is 0 Å². The Morgan fingerprint density at radius 1 is 0.292 bits per heavy atom. The molecule has 6 nitrogen and oxygen atoms in total. The summed E-state index contributed by atoms with van der Waals surface area (Å²) in [6.45, 7) is 6.57. The normalized spacial score (nSPS) is 12.2. The topological polar surface area (TPSA) is 78.9 Å². The Morgan fingerprint density at radius 3 is 0.847 bits per heavy atom. The van der Waals surface area contributed by atoms with Crippen LogP contribution in [0.15, 0.2) is 36.5 Å². The van der Waals surface area contributed by atoms with Crippen LogP contribution in [0.3, 0.4) is 0 Å². The van der Waals surface area contributed by atoms with E-state index in [4.69, 9.17) is 14.2 Å². The Balaban J connectivity index is 4.18. The summed E-state index contributed by atoms with van der Waals surface area (Å²) < 4.78 is 16.9. The summed E-state index contributed by atoms with van der Waals surface area (Å²) in [6.07, 6.45) is 74.5. The van der Waals surface area contributed by atoms with Crippen molar-refractivity contribution in [1.82, 2.24) is 0 Å². The molecule has 0 aromatic carbocycles. The lowest BCUT2D eigenvalue weighted by Gasteiger charge is -2.18. The third-order valence-corrected chi connectivity index (χ3v) is 14.4. The zero-order valence-corrected chi connectivity index (χ0v) is 48.5. The Bertz CT molecular complexity index is 1210. The maximum absolute atomic E-state index is 12.9. The van der Waals surface area contributed by atoms with Gasteiger partial charge in [-0.05, 0) is 51.4 Å². The molecule has 0 saturated heterocycles. The predicted octanol–water partition coefficient (Wildman–Crippen LogP) is 21.6. The second kappa shape index (κ2) is 61.2. The van der Waals surface area contributed by atoms with E-state index < -0.39 is 6.10 Å². The van der Waals surface area contributed by atoms with Gasteiger partial charge in [-0.25, -0.2) is 0 Å². The van der Waals surface area contributed by atoms with Crippen molar-refractivity contribution in [2.45, 2.75) is 354 Å². The monoisotopic (exact) mass is 1010 g/mol. The van der Waals surface area contributed by atoms with Crippen molar-refractivity contribution < 1.29 is 28.6 Å². The fourth-order valence-electron chi connectivity index (χ4n) is 9.64. The van der Waals surface area contributed by atoms with Crippen LogP contribution in [-0.4, -0.2) is 37.2 Å². The molecule has 72 heavy (non-hydrogen) atoms. The number of ether oxygens (including phenoxy) is 3. The largest absolute Gasteiger partial charge is 0.462 e. The molecule has 0 rings (SSSR count). The van der Waals surface area contributed by atoms with E-state index in [-0.39, 0.29) is 31.1 Å². The molecular weight excluding hydrogens is 889 g/mol. The van der Waals surface area contributed by atoms with Gasteiger partial charge in [-0.3, -0.25) is 14.4 Å². The van der Waals surface area contributed by atoms with Gasteiger partial charge in [-0.15, -0.1) is 0 Å². The highest BCUT2D eigenvalue weighted by atomic mass is 16.6. The maximum atomic E-state index is 12.9. The molecule has 0 aromatic heterocycles. The fraction of sp³-hybridized carbons (Fsp3) is 0.864. The van der Waals surface area contributed by atoms with E-state index in [2.05, 4.69) is 57.2 Å².